The van der Waals surface area contributed by atoms with Gasteiger partial charge in [0.05, 0.1) is 5.92 Å². The first kappa shape index (κ1) is 14.1. The molecule has 0 spiro atoms. The van der Waals surface area contributed by atoms with Crippen LogP contribution in [-0.4, -0.2) is 43.0 Å². The van der Waals surface area contributed by atoms with Crippen LogP contribution in [0.4, 0.5) is 5.69 Å². The Balaban J connectivity index is 1.73. The maximum atomic E-state index is 6.41. The summed E-state index contributed by atoms with van der Waals surface area (Å²) in [4.78, 5) is 7.57. The van der Waals surface area contributed by atoms with Crippen LogP contribution in [0.25, 0.3) is 0 Å². The van der Waals surface area contributed by atoms with Crippen molar-refractivity contribution in [2.45, 2.75) is 38.2 Å². The van der Waals surface area contributed by atoms with Gasteiger partial charge in [0, 0.05) is 26.2 Å². The van der Waals surface area contributed by atoms with Crippen molar-refractivity contribution in [3.63, 3.8) is 0 Å². The predicted molar refractivity (Wildman–Crippen MR) is 89.0 cm³/mol. The Morgan fingerprint density at radius 2 is 1.86 bits per heavy atom. The highest BCUT2D eigenvalue weighted by Crippen LogP contribution is 2.38. The van der Waals surface area contributed by atoms with Crippen molar-refractivity contribution < 1.29 is 4.74 Å². The summed E-state index contributed by atoms with van der Waals surface area (Å²) in [5.41, 5.74) is 1.00. The molecular weight excluding hydrogens is 274 g/mol. The van der Waals surface area contributed by atoms with Crippen LogP contribution in [0.1, 0.15) is 32.1 Å². The molecule has 1 aromatic rings. The molecule has 4 rings (SSSR count). The Hall–Kier alpha value is -1.55. The number of hydrogen-bond acceptors (Lipinski definition) is 4. The molecule has 2 atom stereocenters. The zero-order chi connectivity index (χ0) is 14.8. The monoisotopic (exact) mass is 299 g/mol. The Labute approximate surface area is 132 Å². The molecule has 1 saturated heterocycles. The molecule has 2 unspecified atom stereocenters. The molecule has 2 fully saturated rings. The van der Waals surface area contributed by atoms with E-state index in [1.165, 1.54) is 31.5 Å². The van der Waals surface area contributed by atoms with E-state index < -0.39 is 0 Å². The molecule has 4 heteroatoms. The summed E-state index contributed by atoms with van der Waals surface area (Å²) in [6.45, 7) is 4.23. The lowest BCUT2D eigenvalue weighted by molar-refractivity contribution is 0.152. The van der Waals surface area contributed by atoms with Gasteiger partial charge >= 0.3 is 0 Å². The summed E-state index contributed by atoms with van der Waals surface area (Å²) in [5, 5.41) is 3.45. The smallest absolute Gasteiger partial charge is 0.145 e. The van der Waals surface area contributed by atoms with Gasteiger partial charge in [-0.05, 0) is 31.4 Å². The van der Waals surface area contributed by atoms with Crippen LogP contribution in [0.5, 0.6) is 5.75 Å². The van der Waals surface area contributed by atoms with Gasteiger partial charge < -0.3 is 15.0 Å². The van der Waals surface area contributed by atoms with Crippen molar-refractivity contribution >= 4 is 11.5 Å². The molecule has 0 radical (unpaired) electrons. The zero-order valence-electron chi connectivity index (χ0n) is 13.1. The van der Waals surface area contributed by atoms with Gasteiger partial charge in [-0.3, -0.25) is 0 Å². The molecule has 1 aliphatic carbocycles. The van der Waals surface area contributed by atoms with E-state index in [2.05, 4.69) is 34.5 Å². The number of benzene rings is 1. The molecule has 22 heavy (non-hydrogen) atoms. The SMILES string of the molecule is c1ccc2c(c1)N=C(N1CCNCC1)C1CCCCCC1O2. The van der Waals surface area contributed by atoms with Crippen LogP contribution in [0, 0.1) is 5.92 Å². The number of fused-ring (bicyclic) bond motifs is 2. The number of piperazine rings is 1. The molecule has 0 bridgehead atoms. The Morgan fingerprint density at radius 1 is 1.05 bits per heavy atom. The molecule has 0 amide bonds. The number of amidine groups is 1. The van der Waals surface area contributed by atoms with Gasteiger partial charge in [-0.2, -0.15) is 0 Å². The van der Waals surface area contributed by atoms with Crippen LogP contribution in [0.15, 0.2) is 29.3 Å². The lowest BCUT2D eigenvalue weighted by Crippen LogP contribution is -2.50. The van der Waals surface area contributed by atoms with Gasteiger partial charge in [0.1, 0.15) is 23.4 Å². The third-order valence-corrected chi connectivity index (χ3v) is 5.10. The molecule has 0 aromatic heterocycles. The molecule has 3 aliphatic rings. The van der Waals surface area contributed by atoms with E-state index in [0.29, 0.717) is 12.0 Å². The van der Waals surface area contributed by atoms with Gasteiger partial charge in [-0.1, -0.05) is 25.0 Å². The first-order valence-corrected chi connectivity index (χ1v) is 8.72. The van der Waals surface area contributed by atoms with E-state index in [1.807, 2.05) is 0 Å². The molecule has 1 saturated carbocycles. The van der Waals surface area contributed by atoms with E-state index in [4.69, 9.17) is 9.73 Å². The van der Waals surface area contributed by atoms with E-state index >= 15 is 0 Å². The Kier molecular flexibility index (Phi) is 4.02. The van der Waals surface area contributed by atoms with Crippen molar-refractivity contribution in [1.82, 2.24) is 10.2 Å². The summed E-state index contributed by atoms with van der Waals surface area (Å²) in [6.07, 6.45) is 6.56. The van der Waals surface area contributed by atoms with Crippen molar-refractivity contribution in [3.05, 3.63) is 24.3 Å². The summed E-state index contributed by atoms with van der Waals surface area (Å²) >= 11 is 0. The average molecular weight is 299 g/mol. The van der Waals surface area contributed by atoms with E-state index in [-0.39, 0.29) is 0 Å². The van der Waals surface area contributed by atoms with Crippen LogP contribution >= 0.6 is 0 Å². The molecule has 2 heterocycles. The first-order chi connectivity index (χ1) is 10.9. The number of rotatable bonds is 0. The zero-order valence-corrected chi connectivity index (χ0v) is 13.1. The van der Waals surface area contributed by atoms with Gasteiger partial charge in [-0.25, -0.2) is 4.99 Å². The highest BCUT2D eigenvalue weighted by atomic mass is 16.5. The average Bonchev–Trinajstić information content (AvgIpc) is 2.88. The van der Waals surface area contributed by atoms with Crippen molar-refractivity contribution in [2.24, 2.45) is 10.9 Å². The standard InChI is InChI=1S/C18H25N3O/c1-2-6-14-16(8-3-1)22-17-9-5-4-7-15(17)20-18(14)21-12-10-19-11-13-21/h4-5,7,9,14,16,19H,1-3,6,8,10-13H2. The quantitative estimate of drug-likeness (QED) is 0.800. The molecule has 2 aliphatic heterocycles. The minimum absolute atomic E-state index is 0.291. The van der Waals surface area contributed by atoms with Crippen LogP contribution in [-0.2, 0) is 0 Å². The topological polar surface area (TPSA) is 36.9 Å². The molecule has 4 nitrogen and oxygen atoms in total. The largest absolute Gasteiger partial charge is 0.487 e. The maximum absolute atomic E-state index is 6.41. The van der Waals surface area contributed by atoms with E-state index in [0.717, 1.165) is 44.0 Å². The second-order valence-electron chi connectivity index (χ2n) is 6.58. The minimum Gasteiger partial charge on any atom is -0.487 e. The third-order valence-electron chi connectivity index (χ3n) is 5.10. The lowest BCUT2D eigenvalue weighted by atomic mass is 9.94. The van der Waals surface area contributed by atoms with Crippen LogP contribution in [0.3, 0.4) is 0 Å². The van der Waals surface area contributed by atoms with E-state index in [9.17, 15) is 0 Å². The first-order valence-electron chi connectivity index (χ1n) is 8.72. The Bertz CT molecular complexity index is 551. The second kappa shape index (κ2) is 6.29. The second-order valence-corrected chi connectivity index (χ2v) is 6.58. The van der Waals surface area contributed by atoms with Crippen molar-refractivity contribution in [3.8, 4) is 5.75 Å². The predicted octanol–water partition coefficient (Wildman–Crippen LogP) is 2.96. The van der Waals surface area contributed by atoms with Crippen molar-refractivity contribution in [1.29, 1.82) is 0 Å². The number of nitrogens with zero attached hydrogens (tertiary/aromatic N) is 2. The normalized spacial score (nSPS) is 28.5. The van der Waals surface area contributed by atoms with Crippen molar-refractivity contribution in [2.75, 3.05) is 26.2 Å². The van der Waals surface area contributed by atoms with Gasteiger partial charge in [0.2, 0.25) is 0 Å². The Morgan fingerprint density at radius 3 is 2.77 bits per heavy atom. The maximum Gasteiger partial charge on any atom is 0.145 e. The number of nitrogens with one attached hydrogen (secondary N) is 1. The lowest BCUT2D eigenvalue weighted by Gasteiger charge is -2.35. The molecular formula is C18H25N3O. The fourth-order valence-corrected chi connectivity index (χ4v) is 3.93. The molecule has 1 aromatic carbocycles. The number of hydrogen-bond donors (Lipinski definition) is 1. The van der Waals surface area contributed by atoms with Crippen LogP contribution < -0.4 is 10.1 Å². The van der Waals surface area contributed by atoms with Gasteiger partial charge in [-0.15, -0.1) is 0 Å². The highest BCUT2D eigenvalue weighted by molar-refractivity contribution is 5.89. The van der Waals surface area contributed by atoms with Gasteiger partial charge in [0.25, 0.3) is 0 Å². The fraction of sp³-hybridized carbons (Fsp3) is 0.611. The summed E-state index contributed by atoms with van der Waals surface area (Å²) < 4.78 is 6.41. The molecule has 118 valence electrons. The van der Waals surface area contributed by atoms with Crippen LogP contribution in [0.2, 0.25) is 0 Å². The van der Waals surface area contributed by atoms with E-state index in [1.54, 1.807) is 0 Å². The highest BCUT2D eigenvalue weighted by Gasteiger charge is 2.35. The summed E-state index contributed by atoms with van der Waals surface area (Å²) in [7, 11) is 0. The number of ether oxygens (including phenoxy) is 1. The number of aliphatic imine (C=N–C) groups is 1. The third kappa shape index (κ3) is 2.72. The number of para-hydroxylation sites is 2. The minimum atomic E-state index is 0.291. The molecule has 1 N–H and O–H groups in total. The summed E-state index contributed by atoms with van der Waals surface area (Å²) in [5.74, 6) is 2.69. The van der Waals surface area contributed by atoms with Gasteiger partial charge in [0.15, 0.2) is 0 Å². The summed E-state index contributed by atoms with van der Waals surface area (Å²) in [6, 6.07) is 8.27. The fourth-order valence-electron chi connectivity index (χ4n) is 3.93.